The van der Waals surface area contributed by atoms with Gasteiger partial charge in [-0.25, -0.2) is 17.6 Å². The minimum absolute atomic E-state index is 0.0953. The summed E-state index contributed by atoms with van der Waals surface area (Å²) < 4.78 is 64.4. The Labute approximate surface area is 230 Å². The SMILES string of the molecule is CCCCN(P(c1c(F)cccc1F)c1c(F)cccc1F)P1C(c2ccccc2)CC[C@H]1c1ccccc1. The molecule has 1 heterocycles. The number of unbranched alkanes of at least 4 members (excludes halogenated alkanes) is 1. The van der Waals surface area contributed by atoms with Crippen molar-refractivity contribution in [3.63, 3.8) is 0 Å². The third-order valence-electron chi connectivity index (χ3n) is 7.23. The molecule has 39 heavy (non-hydrogen) atoms. The van der Waals surface area contributed by atoms with E-state index in [1.807, 2.05) is 36.4 Å². The molecular weight excluding hydrogens is 536 g/mol. The van der Waals surface area contributed by atoms with Crippen LogP contribution in [0.25, 0.3) is 0 Å². The molecule has 5 rings (SSSR count). The van der Waals surface area contributed by atoms with Gasteiger partial charge in [-0.05, 0) is 62.7 Å². The molecule has 0 spiro atoms. The van der Waals surface area contributed by atoms with E-state index in [-0.39, 0.29) is 21.9 Å². The number of hydrogen-bond donors (Lipinski definition) is 0. The smallest absolute Gasteiger partial charge is 0.135 e. The highest BCUT2D eigenvalue weighted by Crippen LogP contribution is 2.76. The van der Waals surface area contributed by atoms with Crippen molar-refractivity contribution < 1.29 is 17.6 Å². The Morgan fingerprint density at radius 2 is 1.05 bits per heavy atom. The predicted molar refractivity (Wildman–Crippen MR) is 155 cm³/mol. The molecule has 0 bridgehead atoms. The predicted octanol–water partition coefficient (Wildman–Crippen LogP) is 9.37. The molecular formula is C32H31F4NP2. The fourth-order valence-electron chi connectivity index (χ4n) is 5.45. The summed E-state index contributed by atoms with van der Waals surface area (Å²) in [5, 5.41) is -0.471. The number of nitrogens with zero attached hydrogens (tertiary/aromatic N) is 1. The average Bonchev–Trinajstić information content (AvgIpc) is 3.39. The summed E-state index contributed by atoms with van der Waals surface area (Å²) in [5.41, 5.74) is 2.50. The molecule has 1 saturated heterocycles. The number of hydrogen-bond acceptors (Lipinski definition) is 1. The van der Waals surface area contributed by atoms with Crippen LogP contribution in [0.3, 0.4) is 0 Å². The van der Waals surface area contributed by atoms with Crippen LogP contribution in [-0.2, 0) is 0 Å². The zero-order valence-electron chi connectivity index (χ0n) is 21.8. The van der Waals surface area contributed by atoms with Gasteiger partial charge in [0.1, 0.15) is 23.3 Å². The minimum atomic E-state index is -2.19. The van der Waals surface area contributed by atoms with Gasteiger partial charge in [-0.1, -0.05) is 86.1 Å². The second kappa shape index (κ2) is 12.7. The summed E-state index contributed by atoms with van der Waals surface area (Å²) in [4.78, 5) is 0. The van der Waals surface area contributed by atoms with Crippen molar-refractivity contribution in [1.29, 1.82) is 0 Å². The fourth-order valence-corrected chi connectivity index (χ4v) is 12.9. The topological polar surface area (TPSA) is 3.24 Å². The molecule has 2 unspecified atom stereocenters. The molecule has 0 aliphatic carbocycles. The summed E-state index contributed by atoms with van der Waals surface area (Å²) >= 11 is 0. The van der Waals surface area contributed by atoms with E-state index >= 15 is 17.6 Å². The summed E-state index contributed by atoms with van der Waals surface area (Å²) in [7, 11) is -3.33. The van der Waals surface area contributed by atoms with Crippen LogP contribution >= 0.6 is 16.1 Å². The van der Waals surface area contributed by atoms with Crippen LogP contribution in [0, 0.1) is 23.3 Å². The van der Waals surface area contributed by atoms with Gasteiger partial charge in [-0.3, -0.25) is 4.44 Å². The average molecular weight is 568 g/mol. The molecule has 0 aromatic heterocycles. The number of benzene rings is 4. The van der Waals surface area contributed by atoms with Gasteiger partial charge in [0, 0.05) is 25.9 Å². The number of rotatable bonds is 9. The lowest BCUT2D eigenvalue weighted by molar-refractivity contribution is 0.585. The van der Waals surface area contributed by atoms with Gasteiger partial charge in [-0.15, -0.1) is 0 Å². The fraction of sp³-hybridized carbons (Fsp3) is 0.250. The second-order valence-electron chi connectivity index (χ2n) is 9.71. The van der Waals surface area contributed by atoms with Gasteiger partial charge < -0.3 is 0 Å². The highest BCUT2D eigenvalue weighted by atomic mass is 31.2. The van der Waals surface area contributed by atoms with Crippen molar-refractivity contribution in [3.8, 4) is 0 Å². The normalized spacial score (nSPS) is 19.2. The van der Waals surface area contributed by atoms with Crippen LogP contribution in [0.2, 0.25) is 0 Å². The van der Waals surface area contributed by atoms with E-state index in [0.717, 1.165) is 36.8 Å². The van der Waals surface area contributed by atoms with Gasteiger partial charge in [0.2, 0.25) is 0 Å². The first-order valence-corrected chi connectivity index (χ1v) is 16.1. The molecule has 1 fully saturated rings. The van der Waals surface area contributed by atoms with E-state index in [9.17, 15) is 0 Å². The molecule has 1 aliphatic heterocycles. The zero-order valence-corrected chi connectivity index (χ0v) is 23.6. The van der Waals surface area contributed by atoms with Crippen LogP contribution in [0.4, 0.5) is 17.6 Å². The Kier molecular flexibility index (Phi) is 9.13. The Balaban J connectivity index is 1.76. The van der Waals surface area contributed by atoms with E-state index < -0.39 is 39.4 Å². The Morgan fingerprint density at radius 3 is 1.44 bits per heavy atom. The molecule has 3 atom stereocenters. The van der Waals surface area contributed by atoms with E-state index in [2.05, 4.69) is 35.6 Å². The Bertz CT molecular complexity index is 1250. The van der Waals surface area contributed by atoms with Crippen molar-refractivity contribution >= 4 is 26.8 Å². The van der Waals surface area contributed by atoms with Crippen molar-refractivity contribution in [2.75, 3.05) is 6.54 Å². The van der Waals surface area contributed by atoms with Crippen molar-refractivity contribution in [3.05, 3.63) is 131 Å². The Morgan fingerprint density at radius 1 is 0.641 bits per heavy atom. The lowest BCUT2D eigenvalue weighted by Crippen LogP contribution is -2.33. The van der Waals surface area contributed by atoms with Crippen molar-refractivity contribution in [2.45, 2.75) is 43.9 Å². The highest BCUT2D eigenvalue weighted by molar-refractivity contribution is 7.79. The first-order chi connectivity index (χ1) is 19.0. The molecule has 7 heteroatoms. The minimum Gasteiger partial charge on any atom is -0.251 e. The molecule has 202 valence electrons. The van der Waals surface area contributed by atoms with Gasteiger partial charge in [-0.2, -0.15) is 0 Å². The zero-order chi connectivity index (χ0) is 27.4. The van der Waals surface area contributed by atoms with Crippen LogP contribution < -0.4 is 10.6 Å². The van der Waals surface area contributed by atoms with Gasteiger partial charge in [0.05, 0.1) is 10.6 Å². The second-order valence-corrected chi connectivity index (χ2v) is 14.5. The van der Waals surface area contributed by atoms with Crippen LogP contribution in [-0.4, -0.2) is 11.0 Å². The number of halogens is 4. The highest BCUT2D eigenvalue weighted by Gasteiger charge is 2.46. The summed E-state index contributed by atoms with van der Waals surface area (Å²) in [6.07, 6.45) is 3.36. The third kappa shape index (κ3) is 5.82. The van der Waals surface area contributed by atoms with Gasteiger partial charge >= 0.3 is 0 Å². The quantitative estimate of drug-likeness (QED) is 0.144. The first kappa shape index (κ1) is 28.0. The monoisotopic (exact) mass is 567 g/mol. The lowest BCUT2D eigenvalue weighted by Gasteiger charge is -2.42. The van der Waals surface area contributed by atoms with E-state index in [1.165, 1.54) is 36.4 Å². The standard InChI is InChI=1S/C32H31F4NP2/c1-2-3-22-37(39(31-25(33)16-10-17-26(31)34)32-27(35)18-11-19-28(32)36)38-29(23-12-6-4-7-13-23)20-21-30(38)24-14-8-5-9-15-24/h4-19,29-30H,2-3,20-22H2,1H3/t29-,30?,38?/m0/s1. The lowest BCUT2D eigenvalue weighted by atomic mass is 10.0. The van der Waals surface area contributed by atoms with Gasteiger partial charge in [0.15, 0.2) is 0 Å². The maximum Gasteiger partial charge on any atom is 0.135 e. The van der Waals surface area contributed by atoms with E-state index in [0.29, 0.717) is 6.54 Å². The summed E-state index contributed by atoms with van der Waals surface area (Å²) in [5.74, 6) is -3.09. The molecule has 4 aromatic carbocycles. The van der Waals surface area contributed by atoms with Crippen molar-refractivity contribution in [1.82, 2.24) is 4.44 Å². The third-order valence-corrected chi connectivity index (χ3v) is 13.9. The van der Waals surface area contributed by atoms with Crippen LogP contribution in [0.5, 0.6) is 0 Å². The maximum absolute atomic E-state index is 15.6. The van der Waals surface area contributed by atoms with Crippen LogP contribution in [0.1, 0.15) is 55.1 Å². The molecule has 0 radical (unpaired) electrons. The van der Waals surface area contributed by atoms with E-state index in [1.54, 1.807) is 0 Å². The molecule has 1 aliphatic rings. The molecule has 0 N–H and O–H groups in total. The Hall–Kier alpha value is -2.58. The molecule has 0 amide bonds. The summed E-state index contributed by atoms with van der Waals surface area (Å²) in [6, 6.07) is 27.7. The van der Waals surface area contributed by atoms with Crippen LogP contribution in [0.15, 0.2) is 97.1 Å². The first-order valence-electron chi connectivity index (χ1n) is 13.3. The maximum atomic E-state index is 15.6. The molecule has 1 nitrogen and oxygen atoms in total. The largest absolute Gasteiger partial charge is 0.251 e. The van der Waals surface area contributed by atoms with E-state index in [4.69, 9.17) is 0 Å². The van der Waals surface area contributed by atoms with Gasteiger partial charge in [0.25, 0.3) is 0 Å². The molecule has 4 aromatic rings. The van der Waals surface area contributed by atoms with Crippen molar-refractivity contribution in [2.24, 2.45) is 0 Å². The summed E-state index contributed by atoms with van der Waals surface area (Å²) in [6.45, 7) is 2.54. The molecule has 0 saturated carbocycles.